The number of aromatic nitrogens is 3. The first-order valence-electron chi connectivity index (χ1n) is 8.77. The fraction of sp³-hybridized carbons (Fsp3) is 0.238. The number of allylic oxidation sites excluding steroid dienone is 1. The number of hydrogen-bond acceptors (Lipinski definition) is 4. The van der Waals surface area contributed by atoms with Gasteiger partial charge in [-0.25, -0.2) is 0 Å². The summed E-state index contributed by atoms with van der Waals surface area (Å²) in [5, 5.41) is 10.5. The summed E-state index contributed by atoms with van der Waals surface area (Å²) >= 11 is 13.7. The predicted octanol–water partition coefficient (Wildman–Crippen LogP) is 6.26. The summed E-state index contributed by atoms with van der Waals surface area (Å²) < 4.78 is 7.96. The van der Waals surface area contributed by atoms with Crippen LogP contribution in [0.3, 0.4) is 0 Å². The molecule has 0 saturated heterocycles. The Kier molecular flexibility index (Phi) is 7.05. The van der Waals surface area contributed by atoms with Gasteiger partial charge < -0.3 is 4.74 Å². The minimum atomic E-state index is 0.344. The van der Waals surface area contributed by atoms with E-state index in [0.717, 1.165) is 22.3 Å². The zero-order chi connectivity index (χ0) is 20.1. The van der Waals surface area contributed by atoms with E-state index in [-0.39, 0.29) is 0 Å². The molecule has 7 heteroatoms. The second kappa shape index (κ2) is 9.50. The molecule has 0 spiro atoms. The van der Waals surface area contributed by atoms with Gasteiger partial charge in [-0.05, 0) is 54.8 Å². The van der Waals surface area contributed by atoms with Crippen molar-refractivity contribution in [2.75, 3.05) is 0 Å². The van der Waals surface area contributed by atoms with Crippen LogP contribution in [0.5, 0.6) is 5.75 Å². The van der Waals surface area contributed by atoms with Gasteiger partial charge in [0.15, 0.2) is 11.0 Å². The predicted molar refractivity (Wildman–Crippen MR) is 116 cm³/mol. The maximum Gasteiger partial charge on any atom is 0.191 e. The molecule has 0 bridgehead atoms. The third-order valence-electron chi connectivity index (χ3n) is 4.02. The number of rotatable bonds is 8. The molecule has 0 aliphatic rings. The largest absolute Gasteiger partial charge is 0.486 e. The van der Waals surface area contributed by atoms with Crippen molar-refractivity contribution in [2.45, 2.75) is 37.9 Å². The normalized spacial score (nSPS) is 10.9. The van der Waals surface area contributed by atoms with Crippen molar-refractivity contribution in [2.24, 2.45) is 0 Å². The first kappa shape index (κ1) is 20.8. The molecule has 0 saturated carbocycles. The topological polar surface area (TPSA) is 39.9 Å². The highest BCUT2D eigenvalue weighted by atomic mass is 35.5. The molecular formula is C21H21Cl2N3OS. The average Bonchev–Trinajstić information content (AvgIpc) is 3.02. The number of nitrogens with zero attached hydrogens (tertiary/aromatic N) is 3. The maximum absolute atomic E-state index is 6.10. The molecule has 0 N–H and O–H groups in total. The van der Waals surface area contributed by atoms with Gasteiger partial charge in [0.2, 0.25) is 0 Å². The summed E-state index contributed by atoms with van der Waals surface area (Å²) in [7, 11) is 0. The number of ether oxygens (including phenoxy) is 1. The molecule has 28 heavy (non-hydrogen) atoms. The minimum absolute atomic E-state index is 0.344. The van der Waals surface area contributed by atoms with Crippen LogP contribution in [-0.2, 0) is 18.9 Å². The van der Waals surface area contributed by atoms with Gasteiger partial charge in [0.25, 0.3) is 0 Å². The quantitative estimate of drug-likeness (QED) is 0.310. The van der Waals surface area contributed by atoms with Crippen LogP contribution in [0.2, 0.25) is 10.0 Å². The Labute approximate surface area is 179 Å². The molecule has 146 valence electrons. The van der Waals surface area contributed by atoms with E-state index >= 15 is 0 Å². The van der Waals surface area contributed by atoms with Crippen LogP contribution in [-0.4, -0.2) is 14.8 Å². The highest BCUT2D eigenvalue weighted by molar-refractivity contribution is 7.98. The molecule has 0 unspecified atom stereocenters. The van der Waals surface area contributed by atoms with Crippen LogP contribution in [0.1, 0.15) is 22.5 Å². The fourth-order valence-corrected chi connectivity index (χ4v) is 4.02. The second-order valence-electron chi connectivity index (χ2n) is 6.45. The highest BCUT2D eigenvalue weighted by Crippen LogP contribution is 2.27. The van der Waals surface area contributed by atoms with Gasteiger partial charge in [-0.1, -0.05) is 53.2 Å². The summed E-state index contributed by atoms with van der Waals surface area (Å²) in [5.74, 6) is 2.30. The van der Waals surface area contributed by atoms with Crippen molar-refractivity contribution in [3.8, 4) is 5.75 Å². The minimum Gasteiger partial charge on any atom is -0.486 e. The smallest absolute Gasteiger partial charge is 0.191 e. The molecule has 1 heterocycles. The van der Waals surface area contributed by atoms with Crippen LogP contribution < -0.4 is 4.74 Å². The highest BCUT2D eigenvalue weighted by Gasteiger charge is 2.13. The summed E-state index contributed by atoms with van der Waals surface area (Å²) in [6, 6.07) is 11.8. The van der Waals surface area contributed by atoms with Gasteiger partial charge in [0.1, 0.15) is 12.4 Å². The van der Waals surface area contributed by atoms with E-state index in [1.54, 1.807) is 17.8 Å². The van der Waals surface area contributed by atoms with Gasteiger partial charge in [-0.2, -0.15) is 0 Å². The Morgan fingerprint density at radius 1 is 1.07 bits per heavy atom. The summed E-state index contributed by atoms with van der Waals surface area (Å²) in [6.07, 6.45) is 1.83. The van der Waals surface area contributed by atoms with Crippen LogP contribution >= 0.6 is 35.0 Å². The Morgan fingerprint density at radius 2 is 1.82 bits per heavy atom. The van der Waals surface area contributed by atoms with E-state index in [9.17, 15) is 0 Å². The van der Waals surface area contributed by atoms with Crippen molar-refractivity contribution >= 4 is 35.0 Å². The number of halogens is 2. The number of benzene rings is 2. The molecule has 0 atom stereocenters. The number of thioether (sulfide) groups is 1. The van der Waals surface area contributed by atoms with Gasteiger partial charge in [-0.15, -0.1) is 16.8 Å². The third kappa shape index (κ3) is 5.31. The average molecular weight is 434 g/mol. The van der Waals surface area contributed by atoms with Crippen molar-refractivity contribution in [3.63, 3.8) is 0 Å². The molecule has 1 aromatic heterocycles. The summed E-state index contributed by atoms with van der Waals surface area (Å²) in [4.78, 5) is 0. The number of hydrogen-bond donors (Lipinski definition) is 0. The lowest BCUT2D eigenvalue weighted by Crippen LogP contribution is -2.07. The Balaban J connectivity index is 1.71. The van der Waals surface area contributed by atoms with Crippen molar-refractivity contribution in [1.82, 2.24) is 14.8 Å². The molecule has 0 aliphatic heterocycles. The maximum atomic E-state index is 6.10. The standard InChI is InChI=1S/C21H21Cl2N3OS/c1-4-7-26-20(12-27-17-9-14(2)8-15(3)10-17)24-25-21(26)28-13-16-5-6-18(22)19(23)11-16/h4-6,8-11H,1,7,12-13H2,2-3H3. The van der Waals surface area contributed by atoms with E-state index in [2.05, 4.69) is 36.7 Å². The van der Waals surface area contributed by atoms with E-state index in [4.69, 9.17) is 27.9 Å². The van der Waals surface area contributed by atoms with Gasteiger partial charge in [-0.3, -0.25) is 4.57 Å². The molecule has 3 aromatic rings. The monoisotopic (exact) mass is 433 g/mol. The van der Waals surface area contributed by atoms with Crippen molar-refractivity contribution in [3.05, 3.63) is 81.6 Å². The van der Waals surface area contributed by atoms with E-state index < -0.39 is 0 Å². The molecule has 3 rings (SSSR count). The summed E-state index contributed by atoms with van der Waals surface area (Å²) in [6.45, 7) is 8.90. The molecule has 0 amide bonds. The first-order valence-corrected chi connectivity index (χ1v) is 10.5. The van der Waals surface area contributed by atoms with Crippen molar-refractivity contribution in [1.29, 1.82) is 0 Å². The molecular weight excluding hydrogens is 413 g/mol. The lowest BCUT2D eigenvalue weighted by atomic mass is 10.1. The Hall–Kier alpha value is -1.95. The fourth-order valence-electron chi connectivity index (χ4n) is 2.79. The van der Waals surface area contributed by atoms with Crippen LogP contribution in [0.25, 0.3) is 0 Å². The zero-order valence-corrected chi connectivity index (χ0v) is 18.1. The first-order chi connectivity index (χ1) is 13.5. The van der Waals surface area contributed by atoms with E-state index in [1.165, 1.54) is 11.1 Å². The molecule has 4 nitrogen and oxygen atoms in total. The third-order valence-corrected chi connectivity index (χ3v) is 5.80. The Morgan fingerprint density at radius 3 is 2.50 bits per heavy atom. The van der Waals surface area contributed by atoms with E-state index in [0.29, 0.717) is 28.9 Å². The lowest BCUT2D eigenvalue weighted by molar-refractivity contribution is 0.289. The van der Waals surface area contributed by atoms with Gasteiger partial charge in [0, 0.05) is 12.3 Å². The molecule has 2 aromatic carbocycles. The van der Waals surface area contributed by atoms with Gasteiger partial charge >= 0.3 is 0 Å². The van der Waals surface area contributed by atoms with Crippen LogP contribution in [0.15, 0.2) is 54.2 Å². The van der Waals surface area contributed by atoms with E-state index in [1.807, 2.05) is 34.9 Å². The molecule has 0 radical (unpaired) electrons. The van der Waals surface area contributed by atoms with Crippen LogP contribution in [0, 0.1) is 13.8 Å². The zero-order valence-electron chi connectivity index (χ0n) is 15.8. The molecule has 0 aliphatic carbocycles. The van der Waals surface area contributed by atoms with Crippen LogP contribution in [0.4, 0.5) is 0 Å². The second-order valence-corrected chi connectivity index (χ2v) is 8.20. The summed E-state index contributed by atoms with van der Waals surface area (Å²) in [5.41, 5.74) is 3.40. The SMILES string of the molecule is C=CCn1c(COc2cc(C)cc(C)c2)nnc1SCc1ccc(Cl)c(Cl)c1. The van der Waals surface area contributed by atoms with Crippen molar-refractivity contribution < 1.29 is 4.74 Å². The Bertz CT molecular complexity index is 968. The van der Waals surface area contributed by atoms with Gasteiger partial charge in [0.05, 0.1) is 10.0 Å². The molecule has 0 fully saturated rings. The lowest BCUT2D eigenvalue weighted by Gasteiger charge is -2.10. The number of aryl methyl sites for hydroxylation is 2.